The second kappa shape index (κ2) is 4.53. The van der Waals surface area contributed by atoms with Gasteiger partial charge in [-0.3, -0.25) is 4.79 Å². The zero-order chi connectivity index (χ0) is 11.7. The Morgan fingerprint density at radius 2 is 2.25 bits per heavy atom. The Bertz CT molecular complexity index is 309. The summed E-state index contributed by atoms with van der Waals surface area (Å²) in [4.78, 5) is 12.2. The Morgan fingerprint density at radius 3 is 2.75 bits per heavy atom. The summed E-state index contributed by atoms with van der Waals surface area (Å²) in [5.41, 5.74) is 6.57. The van der Waals surface area contributed by atoms with E-state index in [0.717, 1.165) is 18.6 Å². The van der Waals surface area contributed by atoms with Gasteiger partial charge in [0.15, 0.2) is 0 Å². The largest absolute Gasteiger partial charge is 0.330 e. The molecule has 90 valence electrons. The molecule has 1 amide bonds. The van der Waals surface area contributed by atoms with Gasteiger partial charge in [-0.25, -0.2) is 5.01 Å². The fourth-order valence-corrected chi connectivity index (χ4v) is 2.40. The van der Waals surface area contributed by atoms with E-state index < -0.39 is 0 Å². The second-order valence-electron chi connectivity index (χ2n) is 4.84. The summed E-state index contributed by atoms with van der Waals surface area (Å²) in [7, 11) is 0. The Kier molecular flexibility index (Phi) is 3.28. The lowest BCUT2D eigenvalue weighted by Gasteiger charge is -2.21. The Labute approximate surface area is 96.9 Å². The molecule has 0 radical (unpaired) electrons. The summed E-state index contributed by atoms with van der Waals surface area (Å²) in [5.74, 6) is 0.792. The van der Waals surface area contributed by atoms with Gasteiger partial charge in [0.1, 0.15) is 0 Å². The van der Waals surface area contributed by atoms with Crippen LogP contribution in [0.4, 0.5) is 0 Å². The summed E-state index contributed by atoms with van der Waals surface area (Å²) in [6.07, 6.45) is 4.07. The van der Waals surface area contributed by atoms with Gasteiger partial charge in [0.2, 0.25) is 0 Å². The monoisotopic (exact) mass is 223 g/mol. The summed E-state index contributed by atoms with van der Waals surface area (Å²) in [6, 6.07) is 0.275. The number of carbonyl (C=O) groups is 1. The first-order chi connectivity index (χ1) is 7.69. The van der Waals surface area contributed by atoms with Crippen LogP contribution in [0.5, 0.6) is 0 Å². The first kappa shape index (κ1) is 11.6. The first-order valence-corrected chi connectivity index (χ1v) is 6.29. The molecule has 2 N–H and O–H groups in total. The van der Waals surface area contributed by atoms with Gasteiger partial charge in [0.05, 0.1) is 17.7 Å². The van der Waals surface area contributed by atoms with Gasteiger partial charge in [-0.1, -0.05) is 6.92 Å². The van der Waals surface area contributed by atoms with E-state index >= 15 is 0 Å². The number of hydrogen-bond donors (Lipinski definition) is 1. The smallest absolute Gasteiger partial charge is 0.251 e. The maximum absolute atomic E-state index is 12.2. The Hall–Kier alpha value is -0.900. The molecule has 0 saturated heterocycles. The van der Waals surface area contributed by atoms with E-state index in [-0.39, 0.29) is 17.9 Å². The molecule has 0 aromatic heterocycles. The summed E-state index contributed by atoms with van der Waals surface area (Å²) in [5, 5.41) is 6.21. The Balaban J connectivity index is 2.10. The minimum absolute atomic E-state index is 0.0452. The predicted octanol–water partition coefficient (Wildman–Crippen LogP) is 1.36. The van der Waals surface area contributed by atoms with Crippen LogP contribution in [0.25, 0.3) is 0 Å². The summed E-state index contributed by atoms with van der Waals surface area (Å²) < 4.78 is 0. The van der Waals surface area contributed by atoms with E-state index in [1.165, 1.54) is 12.8 Å². The number of rotatable bonds is 5. The topological polar surface area (TPSA) is 58.7 Å². The van der Waals surface area contributed by atoms with Gasteiger partial charge in [0.25, 0.3) is 5.91 Å². The van der Waals surface area contributed by atoms with Gasteiger partial charge < -0.3 is 5.73 Å². The van der Waals surface area contributed by atoms with Crippen molar-refractivity contribution in [3.63, 3.8) is 0 Å². The zero-order valence-corrected chi connectivity index (χ0v) is 10.1. The number of hydrazone groups is 1. The summed E-state index contributed by atoms with van der Waals surface area (Å²) >= 11 is 0. The van der Waals surface area contributed by atoms with Crippen molar-refractivity contribution in [1.82, 2.24) is 5.01 Å². The quantitative estimate of drug-likeness (QED) is 0.765. The van der Waals surface area contributed by atoms with Gasteiger partial charge in [-0.2, -0.15) is 5.10 Å². The molecule has 1 fully saturated rings. The summed E-state index contributed by atoms with van der Waals surface area (Å²) in [6.45, 7) is 4.72. The highest BCUT2D eigenvalue weighted by Gasteiger charge is 2.41. The number of nitrogens with two attached hydrogens (primary N) is 1. The van der Waals surface area contributed by atoms with Crippen molar-refractivity contribution in [2.75, 3.05) is 6.54 Å². The van der Waals surface area contributed by atoms with Crippen LogP contribution in [0.15, 0.2) is 5.10 Å². The van der Waals surface area contributed by atoms with Crippen LogP contribution < -0.4 is 5.73 Å². The van der Waals surface area contributed by atoms with Crippen molar-refractivity contribution in [3.8, 4) is 0 Å². The van der Waals surface area contributed by atoms with Gasteiger partial charge in [0, 0.05) is 0 Å². The molecule has 1 aliphatic heterocycles. The van der Waals surface area contributed by atoms with E-state index in [4.69, 9.17) is 5.73 Å². The van der Waals surface area contributed by atoms with Crippen LogP contribution >= 0.6 is 0 Å². The average Bonchev–Trinajstić information content (AvgIpc) is 3.07. The normalized spacial score (nSPS) is 27.2. The lowest BCUT2D eigenvalue weighted by atomic mass is 9.97. The van der Waals surface area contributed by atoms with Crippen molar-refractivity contribution < 1.29 is 4.79 Å². The van der Waals surface area contributed by atoms with Crippen LogP contribution in [0.2, 0.25) is 0 Å². The molecule has 2 aliphatic rings. The van der Waals surface area contributed by atoms with E-state index in [2.05, 4.69) is 18.9 Å². The third kappa shape index (κ3) is 1.98. The van der Waals surface area contributed by atoms with Crippen molar-refractivity contribution in [1.29, 1.82) is 0 Å². The van der Waals surface area contributed by atoms with E-state index in [0.29, 0.717) is 12.5 Å². The zero-order valence-electron chi connectivity index (χ0n) is 10.1. The van der Waals surface area contributed by atoms with Crippen LogP contribution in [0, 0.1) is 11.8 Å². The van der Waals surface area contributed by atoms with Crippen LogP contribution in [-0.4, -0.2) is 29.2 Å². The van der Waals surface area contributed by atoms with Gasteiger partial charge in [-0.15, -0.1) is 0 Å². The predicted molar refractivity (Wildman–Crippen MR) is 63.9 cm³/mol. The van der Waals surface area contributed by atoms with Gasteiger partial charge in [-0.05, 0) is 45.1 Å². The van der Waals surface area contributed by atoms with E-state index in [1.54, 1.807) is 5.01 Å². The van der Waals surface area contributed by atoms with Crippen LogP contribution in [0.1, 0.15) is 39.5 Å². The Morgan fingerprint density at radius 1 is 1.56 bits per heavy atom. The number of nitrogens with zero attached hydrogens (tertiary/aromatic N) is 2. The molecular weight excluding hydrogens is 202 g/mol. The molecule has 1 heterocycles. The van der Waals surface area contributed by atoms with E-state index in [9.17, 15) is 4.79 Å². The number of hydrogen-bond acceptors (Lipinski definition) is 3. The van der Waals surface area contributed by atoms with Crippen molar-refractivity contribution in [2.24, 2.45) is 22.7 Å². The van der Waals surface area contributed by atoms with Gasteiger partial charge >= 0.3 is 0 Å². The lowest BCUT2D eigenvalue weighted by Crippen LogP contribution is -2.36. The SMILES string of the molecule is CCC1=NN(C(C)C2CC2)C(=O)C1CCN. The highest BCUT2D eigenvalue weighted by molar-refractivity contribution is 6.07. The fourth-order valence-electron chi connectivity index (χ4n) is 2.40. The highest BCUT2D eigenvalue weighted by Crippen LogP contribution is 2.37. The average molecular weight is 223 g/mol. The minimum atomic E-state index is -0.0452. The molecule has 0 aromatic rings. The molecule has 0 spiro atoms. The van der Waals surface area contributed by atoms with Crippen molar-refractivity contribution >= 4 is 11.6 Å². The third-order valence-electron chi connectivity index (χ3n) is 3.67. The molecule has 0 aromatic carbocycles. The highest BCUT2D eigenvalue weighted by atomic mass is 16.2. The van der Waals surface area contributed by atoms with Crippen molar-refractivity contribution in [2.45, 2.75) is 45.6 Å². The lowest BCUT2D eigenvalue weighted by molar-refractivity contribution is -0.134. The molecule has 4 heteroatoms. The molecule has 1 saturated carbocycles. The van der Waals surface area contributed by atoms with Crippen molar-refractivity contribution in [3.05, 3.63) is 0 Å². The van der Waals surface area contributed by atoms with Crippen LogP contribution in [-0.2, 0) is 4.79 Å². The molecule has 0 bridgehead atoms. The number of carbonyl (C=O) groups excluding carboxylic acids is 1. The molecule has 16 heavy (non-hydrogen) atoms. The fraction of sp³-hybridized carbons (Fsp3) is 0.833. The molecule has 2 atom stereocenters. The molecular formula is C12H21N3O. The third-order valence-corrected chi connectivity index (χ3v) is 3.67. The standard InChI is InChI=1S/C12H21N3O/c1-3-11-10(6-7-13)12(16)15(14-11)8(2)9-4-5-9/h8-10H,3-7,13H2,1-2H3. The molecule has 4 nitrogen and oxygen atoms in total. The molecule has 2 rings (SSSR count). The van der Waals surface area contributed by atoms with E-state index in [1.807, 2.05) is 0 Å². The molecule has 1 aliphatic carbocycles. The van der Waals surface area contributed by atoms with Crippen LogP contribution in [0.3, 0.4) is 0 Å². The second-order valence-corrected chi connectivity index (χ2v) is 4.84. The first-order valence-electron chi connectivity index (χ1n) is 6.29. The maximum atomic E-state index is 12.2. The minimum Gasteiger partial charge on any atom is -0.330 e. The number of amides is 1. The maximum Gasteiger partial charge on any atom is 0.251 e. The molecule has 2 unspecified atom stereocenters.